The van der Waals surface area contributed by atoms with Gasteiger partial charge in [-0.25, -0.2) is 0 Å². The number of rotatable bonds is 2. The van der Waals surface area contributed by atoms with E-state index in [-0.39, 0.29) is 0 Å². The molecule has 0 unspecified atom stereocenters. The summed E-state index contributed by atoms with van der Waals surface area (Å²) in [6.45, 7) is 9.63. The number of hydrogen-bond donors (Lipinski definition) is 1. The summed E-state index contributed by atoms with van der Waals surface area (Å²) in [4.78, 5) is 0. The predicted molar refractivity (Wildman–Crippen MR) is 39.6 cm³/mol. The van der Waals surface area contributed by atoms with Gasteiger partial charge in [-0.15, -0.1) is 0 Å². The Labute approximate surface area is 74.0 Å². The zero-order valence-electron chi connectivity index (χ0n) is 6.73. The average molecular weight is 255 g/mol. The van der Waals surface area contributed by atoms with Gasteiger partial charge in [-0.1, -0.05) is 0 Å². The number of nitrogens with one attached hydrogen (secondary N) is 1. The van der Waals surface area contributed by atoms with E-state index in [1.165, 1.54) is 26.2 Å². The van der Waals surface area contributed by atoms with Crippen LogP contribution in [0.15, 0.2) is 0 Å². The second-order valence-corrected chi connectivity index (χ2v) is 7.18. The summed E-state index contributed by atoms with van der Waals surface area (Å²) in [6, 6.07) is 0. The first kappa shape index (κ1) is 8.74. The van der Waals surface area contributed by atoms with Crippen molar-refractivity contribution in [3.05, 3.63) is 0 Å². The number of alkyl halides is 1. The fourth-order valence-electron chi connectivity index (χ4n) is 1.01. The molecule has 1 aliphatic rings. The Hall–Kier alpha value is 0.650. The van der Waals surface area contributed by atoms with E-state index in [1.807, 2.05) is 0 Å². The summed E-state index contributed by atoms with van der Waals surface area (Å²) in [7, 11) is 0. The Morgan fingerprint density at radius 3 is 2.40 bits per heavy atom. The molecule has 0 bridgehead atoms. The van der Waals surface area contributed by atoms with Gasteiger partial charge in [0.15, 0.2) is 0 Å². The van der Waals surface area contributed by atoms with Gasteiger partial charge < -0.3 is 0 Å². The molecule has 0 aliphatic carbocycles. The first-order chi connectivity index (χ1) is 4.79. The summed E-state index contributed by atoms with van der Waals surface area (Å²) in [5.74, 6) is 0. The molecule has 0 aromatic rings. The zero-order valence-corrected chi connectivity index (χ0v) is 8.89. The fraction of sp³-hybridized carbons (Fsp3) is 1.00. The molecule has 3 heteroatoms. The van der Waals surface area contributed by atoms with Crippen molar-refractivity contribution < 1.29 is 21.5 Å². The third-order valence-electron chi connectivity index (χ3n) is 1.40. The predicted octanol–water partition coefficient (Wildman–Crippen LogP) is -2.70. The van der Waals surface area contributed by atoms with Gasteiger partial charge in [-0.3, -0.25) is 0 Å². The van der Waals surface area contributed by atoms with E-state index in [9.17, 15) is 0 Å². The van der Waals surface area contributed by atoms with Crippen LogP contribution in [0.25, 0.3) is 0 Å². The van der Waals surface area contributed by atoms with Crippen LogP contribution in [0.5, 0.6) is 0 Å². The van der Waals surface area contributed by atoms with Crippen LogP contribution < -0.4 is 26.8 Å². The van der Waals surface area contributed by atoms with Gasteiger partial charge in [0.1, 0.15) is 0 Å². The van der Waals surface area contributed by atoms with Crippen LogP contribution in [0.2, 0.25) is 0 Å². The van der Waals surface area contributed by atoms with Gasteiger partial charge in [0.05, 0.1) is 0 Å². The molecule has 10 heavy (non-hydrogen) atoms. The summed E-state index contributed by atoms with van der Waals surface area (Å²) < 4.78 is 3.57. The van der Waals surface area contributed by atoms with Crippen molar-refractivity contribution in [2.75, 3.05) is 26.2 Å². The Kier molecular flexibility index (Phi) is 3.95. The van der Waals surface area contributed by atoms with Crippen molar-refractivity contribution in [1.29, 1.82) is 0 Å². The molecule has 0 aromatic carbocycles. The summed E-state index contributed by atoms with van der Waals surface area (Å²) in [5.41, 5.74) is 0. The first-order valence-corrected chi connectivity index (χ1v) is 6.09. The topological polar surface area (TPSA) is 15.3 Å². The quantitative estimate of drug-likeness (QED) is 0.328. The molecule has 0 spiro atoms. The summed E-state index contributed by atoms with van der Waals surface area (Å²) in [6.07, 6.45) is 0. The van der Waals surface area contributed by atoms with E-state index in [0.29, 0.717) is 21.5 Å². The molecule has 0 saturated carbocycles. The molecule has 1 saturated heterocycles. The van der Waals surface area contributed by atoms with Gasteiger partial charge >= 0.3 is 73.9 Å². The Balaban J connectivity index is 2.13. The van der Waals surface area contributed by atoms with E-state index < -0.39 is 0 Å². The van der Waals surface area contributed by atoms with E-state index in [0.717, 1.165) is 3.92 Å². The Morgan fingerprint density at radius 1 is 1.30 bits per heavy atom. The summed E-state index contributed by atoms with van der Waals surface area (Å²) in [5, 5.41) is 3.36. The molecule has 0 amide bonds. The van der Waals surface area contributed by atoms with Crippen molar-refractivity contribution in [3.63, 3.8) is 0 Å². The van der Waals surface area contributed by atoms with Gasteiger partial charge in [-0.2, -0.15) is 0 Å². The van der Waals surface area contributed by atoms with E-state index in [1.54, 1.807) is 0 Å². The molecule has 2 nitrogen and oxygen atoms in total. The molecule has 1 aliphatic heterocycles. The standard InChI is InChI=1S/C7H16IN2/c1-7(2)8-10-5-3-9-4-6-10/h7,9H,3-6H2,1-2H3/q-1. The van der Waals surface area contributed by atoms with Crippen LogP contribution in [0.1, 0.15) is 13.8 Å². The molecule has 0 atom stereocenters. The van der Waals surface area contributed by atoms with Crippen LogP contribution in [0.4, 0.5) is 0 Å². The molecule has 0 aromatic heterocycles. The van der Waals surface area contributed by atoms with Crippen molar-refractivity contribution in [2.24, 2.45) is 0 Å². The van der Waals surface area contributed by atoms with Crippen LogP contribution >= 0.6 is 0 Å². The van der Waals surface area contributed by atoms with Crippen LogP contribution in [-0.4, -0.2) is 33.2 Å². The molecule has 62 valence electrons. The number of hydrogen-bond acceptors (Lipinski definition) is 2. The van der Waals surface area contributed by atoms with Gasteiger partial charge in [-0.05, 0) is 0 Å². The molecule has 1 heterocycles. The number of nitrogens with zero attached hydrogens (tertiary/aromatic N) is 1. The maximum absolute atomic E-state index is 3.36. The Bertz CT molecular complexity index is 89.6. The van der Waals surface area contributed by atoms with Crippen molar-refractivity contribution in [3.8, 4) is 0 Å². The van der Waals surface area contributed by atoms with E-state index >= 15 is 0 Å². The van der Waals surface area contributed by atoms with Gasteiger partial charge in [0.25, 0.3) is 0 Å². The molecular weight excluding hydrogens is 239 g/mol. The monoisotopic (exact) mass is 255 g/mol. The van der Waals surface area contributed by atoms with Gasteiger partial charge in [0.2, 0.25) is 0 Å². The zero-order chi connectivity index (χ0) is 7.40. The maximum atomic E-state index is 3.36. The molecule has 1 fully saturated rings. The number of piperazine rings is 1. The fourth-order valence-corrected chi connectivity index (χ4v) is 3.63. The van der Waals surface area contributed by atoms with E-state index in [2.05, 4.69) is 22.3 Å². The first-order valence-electron chi connectivity index (χ1n) is 3.88. The number of halogens is 1. The average Bonchev–Trinajstić information content (AvgIpc) is 1.88. The normalized spacial score (nSPS) is 22.3. The van der Waals surface area contributed by atoms with Crippen molar-refractivity contribution >= 4 is 0 Å². The molecule has 1 N–H and O–H groups in total. The Morgan fingerprint density at radius 2 is 1.90 bits per heavy atom. The van der Waals surface area contributed by atoms with Crippen molar-refractivity contribution in [2.45, 2.75) is 17.8 Å². The SMILES string of the molecule is CC(C)[I-]N1CCNCC1. The van der Waals surface area contributed by atoms with Crippen molar-refractivity contribution in [1.82, 2.24) is 8.43 Å². The minimum atomic E-state index is 0.337. The van der Waals surface area contributed by atoms with Crippen LogP contribution in [-0.2, 0) is 0 Å². The molecular formula is C7H16IN2-. The second-order valence-electron chi connectivity index (χ2n) is 2.77. The van der Waals surface area contributed by atoms with Crippen LogP contribution in [0.3, 0.4) is 0 Å². The molecule has 0 radical (unpaired) electrons. The summed E-state index contributed by atoms with van der Waals surface area (Å²) >= 11 is 0.337. The third kappa shape index (κ3) is 3.16. The van der Waals surface area contributed by atoms with Gasteiger partial charge in [0, 0.05) is 0 Å². The van der Waals surface area contributed by atoms with E-state index in [4.69, 9.17) is 0 Å². The second kappa shape index (κ2) is 4.51. The third-order valence-corrected chi connectivity index (χ3v) is 4.26. The molecule has 1 rings (SSSR count). The minimum absolute atomic E-state index is 0.337. The van der Waals surface area contributed by atoms with Crippen LogP contribution in [0, 0.1) is 0 Å².